The molecule has 1 fully saturated rings. The Morgan fingerprint density at radius 1 is 1.29 bits per heavy atom. The van der Waals surface area contributed by atoms with Gasteiger partial charge in [0.2, 0.25) is 0 Å². The van der Waals surface area contributed by atoms with Crippen molar-refractivity contribution in [3.8, 4) is 0 Å². The molecule has 0 aromatic carbocycles. The van der Waals surface area contributed by atoms with Crippen molar-refractivity contribution in [2.75, 3.05) is 32.8 Å². The van der Waals surface area contributed by atoms with E-state index in [9.17, 15) is 5.11 Å². The second kappa shape index (κ2) is 8.50. The van der Waals surface area contributed by atoms with E-state index in [-0.39, 0.29) is 12.1 Å². The molecule has 0 spiro atoms. The fourth-order valence-electron chi connectivity index (χ4n) is 3.78. The normalized spacial score (nSPS) is 27.3. The Balaban J connectivity index is 2.74. The number of nitrogens with one attached hydrogen (secondary N) is 1. The van der Waals surface area contributed by atoms with Gasteiger partial charge < -0.3 is 15.3 Å². The van der Waals surface area contributed by atoms with Gasteiger partial charge in [0.25, 0.3) is 0 Å². The molecule has 2 unspecified atom stereocenters. The Bertz CT molecular complexity index is 281. The molecule has 0 radical (unpaired) electrons. The lowest BCUT2D eigenvalue weighted by Crippen LogP contribution is -2.51. The monoisotopic (exact) mass is 298 g/mol. The molecule has 0 bridgehead atoms. The number of aliphatic hydroxyl groups excluding tert-OH is 1. The van der Waals surface area contributed by atoms with Crippen molar-refractivity contribution in [3.63, 3.8) is 0 Å². The topological polar surface area (TPSA) is 35.5 Å². The number of nitrogens with zero attached hydrogens (tertiary/aromatic N) is 1. The standard InChI is InChI=1S/C18H38N2O/c1-6-10-20(11-12-21)15-18(14-19-17(3,4)5)9-7-8-16(2)13-18/h16,19,21H,6-15H2,1-5H3. The zero-order valence-corrected chi connectivity index (χ0v) is 15.0. The summed E-state index contributed by atoms with van der Waals surface area (Å²) in [6.45, 7) is 15.8. The molecule has 1 aliphatic carbocycles. The average Bonchev–Trinajstić information content (AvgIpc) is 2.36. The summed E-state index contributed by atoms with van der Waals surface area (Å²) in [4.78, 5) is 2.47. The second-order valence-electron chi connectivity index (χ2n) is 8.30. The zero-order valence-electron chi connectivity index (χ0n) is 15.0. The molecule has 0 aromatic heterocycles. The van der Waals surface area contributed by atoms with Crippen molar-refractivity contribution < 1.29 is 5.11 Å². The molecular weight excluding hydrogens is 260 g/mol. The summed E-state index contributed by atoms with van der Waals surface area (Å²) in [5.74, 6) is 0.832. The van der Waals surface area contributed by atoms with Crippen molar-refractivity contribution >= 4 is 0 Å². The first-order valence-electron chi connectivity index (χ1n) is 8.88. The molecule has 2 atom stereocenters. The minimum atomic E-state index is 0.181. The Hall–Kier alpha value is -0.120. The molecule has 126 valence electrons. The van der Waals surface area contributed by atoms with Crippen LogP contribution in [0.5, 0.6) is 0 Å². The predicted octanol–water partition coefficient (Wildman–Crippen LogP) is 3.28. The summed E-state index contributed by atoms with van der Waals surface area (Å²) in [5.41, 5.74) is 0.565. The number of rotatable bonds is 8. The third-order valence-corrected chi connectivity index (χ3v) is 4.69. The van der Waals surface area contributed by atoms with E-state index in [1.165, 1.54) is 32.1 Å². The molecule has 3 nitrogen and oxygen atoms in total. The van der Waals surface area contributed by atoms with Gasteiger partial charge in [0, 0.05) is 25.2 Å². The molecule has 1 saturated carbocycles. The first kappa shape index (κ1) is 18.9. The van der Waals surface area contributed by atoms with E-state index >= 15 is 0 Å². The van der Waals surface area contributed by atoms with Crippen molar-refractivity contribution in [2.45, 2.75) is 72.3 Å². The first-order chi connectivity index (χ1) is 9.80. The predicted molar refractivity (Wildman–Crippen MR) is 91.6 cm³/mol. The molecule has 0 heterocycles. The highest BCUT2D eigenvalue weighted by Gasteiger charge is 2.36. The molecule has 1 aliphatic rings. The highest BCUT2D eigenvalue weighted by molar-refractivity contribution is 4.91. The molecule has 0 saturated heterocycles. The lowest BCUT2D eigenvalue weighted by atomic mass is 9.69. The maximum atomic E-state index is 9.33. The van der Waals surface area contributed by atoms with E-state index in [0.717, 1.165) is 32.1 Å². The van der Waals surface area contributed by atoms with Gasteiger partial charge >= 0.3 is 0 Å². The van der Waals surface area contributed by atoms with E-state index < -0.39 is 0 Å². The van der Waals surface area contributed by atoms with Crippen molar-refractivity contribution in [1.29, 1.82) is 0 Å². The molecule has 2 N–H and O–H groups in total. The first-order valence-corrected chi connectivity index (χ1v) is 8.88. The van der Waals surface area contributed by atoms with Crippen LogP contribution in [-0.4, -0.2) is 48.3 Å². The highest BCUT2D eigenvalue weighted by Crippen LogP contribution is 2.40. The molecule has 1 rings (SSSR count). The van der Waals surface area contributed by atoms with Gasteiger partial charge in [0.05, 0.1) is 6.61 Å². The van der Waals surface area contributed by atoms with Gasteiger partial charge in [-0.15, -0.1) is 0 Å². The van der Waals surface area contributed by atoms with Crippen LogP contribution in [0, 0.1) is 11.3 Å². The van der Waals surface area contributed by atoms with Crippen LogP contribution in [0.15, 0.2) is 0 Å². The minimum Gasteiger partial charge on any atom is -0.395 e. The van der Waals surface area contributed by atoms with Crippen LogP contribution < -0.4 is 5.32 Å². The summed E-state index contributed by atoms with van der Waals surface area (Å²) in [7, 11) is 0. The van der Waals surface area contributed by atoms with Crippen LogP contribution >= 0.6 is 0 Å². The van der Waals surface area contributed by atoms with E-state index in [1.807, 2.05) is 0 Å². The third-order valence-electron chi connectivity index (χ3n) is 4.69. The minimum absolute atomic E-state index is 0.181. The van der Waals surface area contributed by atoms with Crippen molar-refractivity contribution in [3.05, 3.63) is 0 Å². The van der Waals surface area contributed by atoms with E-state index in [0.29, 0.717) is 5.41 Å². The van der Waals surface area contributed by atoms with Gasteiger partial charge in [-0.3, -0.25) is 0 Å². The van der Waals surface area contributed by atoms with E-state index in [1.54, 1.807) is 0 Å². The summed E-state index contributed by atoms with van der Waals surface area (Å²) in [5, 5.41) is 13.1. The number of aliphatic hydroxyl groups is 1. The molecular formula is C18H38N2O. The summed E-state index contributed by atoms with van der Waals surface area (Å²) < 4.78 is 0. The van der Waals surface area contributed by atoms with Crippen LogP contribution in [0.3, 0.4) is 0 Å². The maximum absolute atomic E-state index is 9.33. The van der Waals surface area contributed by atoms with E-state index in [2.05, 4.69) is 44.8 Å². The smallest absolute Gasteiger partial charge is 0.0558 e. The third kappa shape index (κ3) is 7.12. The van der Waals surface area contributed by atoms with Gasteiger partial charge in [0.1, 0.15) is 0 Å². The molecule has 21 heavy (non-hydrogen) atoms. The van der Waals surface area contributed by atoms with E-state index in [4.69, 9.17) is 0 Å². The molecule has 0 aliphatic heterocycles. The highest BCUT2D eigenvalue weighted by atomic mass is 16.3. The lowest BCUT2D eigenvalue weighted by Gasteiger charge is -2.45. The quantitative estimate of drug-likeness (QED) is 0.722. The van der Waals surface area contributed by atoms with Gasteiger partial charge in [-0.1, -0.05) is 26.7 Å². The fraction of sp³-hybridized carbons (Fsp3) is 1.00. The van der Waals surface area contributed by atoms with Crippen LogP contribution in [0.25, 0.3) is 0 Å². The zero-order chi connectivity index (χ0) is 15.9. The Labute approximate surface area is 132 Å². The Morgan fingerprint density at radius 2 is 2.00 bits per heavy atom. The Kier molecular flexibility index (Phi) is 7.66. The molecule has 0 amide bonds. The van der Waals surface area contributed by atoms with Crippen molar-refractivity contribution in [1.82, 2.24) is 10.2 Å². The fourth-order valence-corrected chi connectivity index (χ4v) is 3.78. The number of hydrogen-bond acceptors (Lipinski definition) is 3. The van der Waals surface area contributed by atoms with Gasteiger partial charge in [-0.05, 0) is 57.9 Å². The van der Waals surface area contributed by atoms with Crippen LogP contribution in [0.4, 0.5) is 0 Å². The summed E-state index contributed by atoms with van der Waals surface area (Å²) >= 11 is 0. The average molecular weight is 299 g/mol. The van der Waals surface area contributed by atoms with Crippen LogP contribution in [0.2, 0.25) is 0 Å². The largest absolute Gasteiger partial charge is 0.395 e. The summed E-state index contributed by atoms with van der Waals surface area (Å²) in [6, 6.07) is 0. The maximum Gasteiger partial charge on any atom is 0.0558 e. The van der Waals surface area contributed by atoms with Crippen molar-refractivity contribution in [2.24, 2.45) is 11.3 Å². The Morgan fingerprint density at radius 3 is 2.52 bits per heavy atom. The van der Waals surface area contributed by atoms with Crippen LogP contribution in [0.1, 0.15) is 66.7 Å². The van der Waals surface area contributed by atoms with Gasteiger partial charge in [-0.25, -0.2) is 0 Å². The number of hydrogen-bond donors (Lipinski definition) is 2. The lowest BCUT2D eigenvalue weighted by molar-refractivity contribution is 0.0649. The van der Waals surface area contributed by atoms with Crippen LogP contribution in [-0.2, 0) is 0 Å². The molecule has 0 aromatic rings. The summed E-state index contributed by atoms with van der Waals surface area (Å²) in [6.07, 6.45) is 6.54. The van der Waals surface area contributed by atoms with Gasteiger partial charge in [0.15, 0.2) is 0 Å². The second-order valence-corrected chi connectivity index (χ2v) is 8.30. The SMILES string of the molecule is CCCN(CCO)CC1(CNC(C)(C)C)CCCC(C)C1. The molecule has 3 heteroatoms. The van der Waals surface area contributed by atoms with Gasteiger partial charge in [-0.2, -0.15) is 0 Å².